The lowest BCUT2D eigenvalue weighted by Crippen LogP contribution is -2.17. The van der Waals surface area contributed by atoms with Crippen molar-refractivity contribution >= 4 is 42.2 Å². The summed E-state index contributed by atoms with van der Waals surface area (Å²) in [7, 11) is -7.97. The summed E-state index contributed by atoms with van der Waals surface area (Å²) in [6.07, 6.45) is 0. The molecule has 176 valence electrons. The molecule has 34 heavy (non-hydrogen) atoms. The quantitative estimate of drug-likeness (QED) is 0.361. The molecule has 0 bridgehead atoms. The topological polar surface area (TPSA) is 92.3 Å². The predicted molar refractivity (Wildman–Crippen MR) is 137 cm³/mol. The highest BCUT2D eigenvalue weighted by Crippen LogP contribution is 2.32. The summed E-state index contributed by atoms with van der Waals surface area (Å²) in [6.45, 7) is 7.32. The zero-order valence-electron chi connectivity index (χ0n) is 19.4. The van der Waals surface area contributed by atoms with E-state index >= 15 is 0 Å². The van der Waals surface area contributed by atoms with Gasteiger partial charge in [0.05, 0.1) is 21.2 Å². The molecule has 0 heterocycles. The molecule has 0 aliphatic carbocycles. The molecule has 0 saturated heterocycles. The number of rotatable bonds is 6. The average molecular weight is 495 g/mol. The Balaban J connectivity index is 1.83. The first-order valence-electron chi connectivity index (χ1n) is 10.7. The van der Waals surface area contributed by atoms with Crippen LogP contribution in [-0.4, -0.2) is 16.8 Å². The monoisotopic (exact) mass is 494 g/mol. The van der Waals surface area contributed by atoms with Crippen LogP contribution < -0.4 is 9.44 Å². The summed E-state index contributed by atoms with van der Waals surface area (Å²) in [5, 5.41) is 0.649. The molecule has 6 nitrogen and oxygen atoms in total. The van der Waals surface area contributed by atoms with Crippen molar-refractivity contribution < 1.29 is 16.8 Å². The molecular weight excluding hydrogens is 468 g/mol. The first-order chi connectivity index (χ1) is 16.0. The first kappa shape index (κ1) is 23.8. The summed E-state index contributed by atoms with van der Waals surface area (Å²) in [5.41, 5.74) is 4.21. The first-order valence-corrected chi connectivity index (χ1v) is 13.7. The number of anilines is 2. The van der Waals surface area contributed by atoms with Crippen molar-refractivity contribution in [2.75, 3.05) is 9.44 Å². The smallest absolute Gasteiger partial charge is 0.262 e. The van der Waals surface area contributed by atoms with Crippen molar-refractivity contribution in [2.45, 2.75) is 37.5 Å². The number of fused-ring (bicyclic) bond motifs is 1. The van der Waals surface area contributed by atoms with Crippen molar-refractivity contribution in [1.82, 2.24) is 0 Å². The van der Waals surface area contributed by atoms with E-state index in [1.54, 1.807) is 24.3 Å². The van der Waals surface area contributed by atoms with Gasteiger partial charge in [0.25, 0.3) is 20.0 Å². The van der Waals surface area contributed by atoms with Gasteiger partial charge in [-0.25, -0.2) is 16.8 Å². The number of aryl methyl sites for hydroxylation is 4. The molecule has 0 aliphatic rings. The average Bonchev–Trinajstić information content (AvgIpc) is 2.78. The second kappa shape index (κ2) is 8.77. The summed E-state index contributed by atoms with van der Waals surface area (Å²) >= 11 is 0. The van der Waals surface area contributed by atoms with Gasteiger partial charge in [-0.1, -0.05) is 60.7 Å². The van der Waals surface area contributed by atoms with Crippen LogP contribution in [0.15, 0.2) is 82.6 Å². The number of hydrogen-bond donors (Lipinski definition) is 2. The summed E-state index contributed by atoms with van der Waals surface area (Å²) in [5.74, 6) is 0. The highest BCUT2D eigenvalue weighted by atomic mass is 32.2. The molecule has 0 amide bonds. The SMILES string of the molecule is Cc1cccc(C)c1NS(=O)(=O)c1cccc2c(S(=O)(=O)Nc3c(C)cccc3C)cccc12. The molecule has 4 aromatic carbocycles. The molecule has 0 aliphatic heterocycles. The van der Waals surface area contributed by atoms with Crippen LogP contribution in [0.4, 0.5) is 11.4 Å². The zero-order valence-corrected chi connectivity index (χ0v) is 21.0. The lowest BCUT2D eigenvalue weighted by atomic mass is 10.1. The van der Waals surface area contributed by atoms with Gasteiger partial charge >= 0.3 is 0 Å². The summed E-state index contributed by atoms with van der Waals surface area (Å²) < 4.78 is 58.9. The molecule has 0 fully saturated rings. The van der Waals surface area contributed by atoms with E-state index in [0.29, 0.717) is 22.1 Å². The fraction of sp³-hybridized carbons (Fsp3) is 0.154. The Bertz CT molecular complexity index is 1460. The zero-order chi connectivity index (χ0) is 24.7. The van der Waals surface area contributed by atoms with Gasteiger partial charge in [-0.3, -0.25) is 9.44 Å². The van der Waals surface area contributed by atoms with Crippen LogP contribution in [0.25, 0.3) is 10.8 Å². The highest BCUT2D eigenvalue weighted by molar-refractivity contribution is 7.93. The Kier molecular flexibility index (Phi) is 6.14. The second-order valence-electron chi connectivity index (χ2n) is 8.35. The predicted octanol–water partition coefficient (Wildman–Crippen LogP) is 5.68. The van der Waals surface area contributed by atoms with Gasteiger partial charge in [-0.2, -0.15) is 0 Å². The fourth-order valence-corrected chi connectivity index (χ4v) is 6.90. The maximum Gasteiger partial charge on any atom is 0.262 e. The molecular formula is C26H26N2O4S2. The van der Waals surface area contributed by atoms with E-state index in [4.69, 9.17) is 0 Å². The Labute approximate surface area is 200 Å². The van der Waals surface area contributed by atoms with Crippen LogP contribution in [0.5, 0.6) is 0 Å². The number of sulfonamides is 2. The van der Waals surface area contributed by atoms with Crippen LogP contribution in [0.3, 0.4) is 0 Å². The van der Waals surface area contributed by atoms with Gasteiger partial charge in [0.1, 0.15) is 0 Å². The van der Waals surface area contributed by atoms with Gasteiger partial charge in [0.15, 0.2) is 0 Å². The second-order valence-corrected chi connectivity index (χ2v) is 11.7. The molecule has 4 rings (SSSR count). The molecule has 0 radical (unpaired) electrons. The van der Waals surface area contributed by atoms with Crippen LogP contribution in [0.1, 0.15) is 22.3 Å². The van der Waals surface area contributed by atoms with Gasteiger partial charge < -0.3 is 0 Å². The minimum Gasteiger partial charge on any atom is -0.279 e. The van der Waals surface area contributed by atoms with Crippen LogP contribution >= 0.6 is 0 Å². The van der Waals surface area contributed by atoms with Gasteiger partial charge in [-0.15, -0.1) is 0 Å². The largest absolute Gasteiger partial charge is 0.279 e. The van der Waals surface area contributed by atoms with E-state index < -0.39 is 20.0 Å². The minimum absolute atomic E-state index is 0.0109. The third-order valence-electron chi connectivity index (χ3n) is 5.86. The van der Waals surface area contributed by atoms with E-state index in [1.807, 2.05) is 64.1 Å². The van der Waals surface area contributed by atoms with E-state index in [0.717, 1.165) is 22.3 Å². The molecule has 2 N–H and O–H groups in total. The molecule has 0 spiro atoms. The fourth-order valence-electron chi connectivity index (χ4n) is 4.05. The van der Waals surface area contributed by atoms with Crippen LogP contribution in [0, 0.1) is 27.7 Å². The number of nitrogens with one attached hydrogen (secondary N) is 2. The van der Waals surface area contributed by atoms with Crippen molar-refractivity contribution in [3.63, 3.8) is 0 Å². The number of hydrogen-bond acceptors (Lipinski definition) is 4. The third kappa shape index (κ3) is 4.38. The van der Waals surface area contributed by atoms with Crippen LogP contribution in [0.2, 0.25) is 0 Å². The van der Waals surface area contributed by atoms with Crippen molar-refractivity contribution in [3.05, 3.63) is 95.1 Å². The van der Waals surface area contributed by atoms with Crippen LogP contribution in [-0.2, 0) is 20.0 Å². The van der Waals surface area contributed by atoms with E-state index in [9.17, 15) is 16.8 Å². The molecule has 0 aromatic heterocycles. The Morgan fingerprint density at radius 1 is 0.471 bits per heavy atom. The normalized spacial score (nSPS) is 12.0. The standard InChI is InChI=1S/C26H26N2O4S2/c1-17-9-5-10-18(2)25(17)27-33(29,30)23-15-7-14-22-21(23)13-8-16-24(22)34(31,32)28-26-19(3)11-6-12-20(26)4/h5-16,27-28H,1-4H3. The highest BCUT2D eigenvalue weighted by Gasteiger charge is 2.24. The van der Waals surface area contributed by atoms with E-state index in [1.165, 1.54) is 12.1 Å². The number of benzene rings is 4. The van der Waals surface area contributed by atoms with Crippen molar-refractivity contribution in [1.29, 1.82) is 0 Å². The molecule has 0 saturated carbocycles. The Morgan fingerprint density at radius 2 is 0.765 bits per heavy atom. The number of para-hydroxylation sites is 2. The summed E-state index contributed by atoms with van der Waals surface area (Å²) in [6, 6.07) is 20.4. The third-order valence-corrected chi connectivity index (χ3v) is 8.67. The van der Waals surface area contributed by atoms with E-state index in [-0.39, 0.29) is 9.79 Å². The van der Waals surface area contributed by atoms with Gasteiger partial charge in [-0.05, 0) is 62.1 Å². The maximum absolute atomic E-state index is 13.4. The van der Waals surface area contributed by atoms with E-state index in [2.05, 4.69) is 9.44 Å². The minimum atomic E-state index is -3.98. The maximum atomic E-state index is 13.4. The molecule has 0 atom stereocenters. The van der Waals surface area contributed by atoms with Gasteiger partial charge in [0.2, 0.25) is 0 Å². The lowest BCUT2D eigenvalue weighted by molar-refractivity contribution is 0.599. The molecule has 8 heteroatoms. The lowest BCUT2D eigenvalue weighted by Gasteiger charge is -2.17. The van der Waals surface area contributed by atoms with Gasteiger partial charge in [0, 0.05) is 10.8 Å². The summed E-state index contributed by atoms with van der Waals surface area (Å²) in [4.78, 5) is 0.0218. The van der Waals surface area contributed by atoms with Crippen molar-refractivity contribution in [2.24, 2.45) is 0 Å². The Hall–Kier alpha value is -3.36. The molecule has 4 aromatic rings. The molecule has 0 unspecified atom stereocenters. The Morgan fingerprint density at radius 3 is 1.09 bits per heavy atom. The van der Waals surface area contributed by atoms with Crippen molar-refractivity contribution in [3.8, 4) is 0 Å².